The fraction of sp³-hybridized carbons (Fsp3) is 0.143. The second kappa shape index (κ2) is 5.36. The molecule has 1 aliphatic heterocycles. The van der Waals surface area contributed by atoms with Crippen LogP contribution in [0.25, 0.3) is 21.5 Å². The van der Waals surface area contributed by atoms with Crippen LogP contribution >= 0.6 is 31.9 Å². The van der Waals surface area contributed by atoms with Crippen molar-refractivity contribution in [1.82, 2.24) is 0 Å². The van der Waals surface area contributed by atoms with Crippen LogP contribution in [0.1, 0.15) is 6.92 Å². The van der Waals surface area contributed by atoms with Gasteiger partial charge in [0.2, 0.25) is 0 Å². The van der Waals surface area contributed by atoms with Gasteiger partial charge in [-0.1, -0.05) is 80.4 Å². The maximum atomic E-state index is 5.23. The lowest BCUT2D eigenvalue weighted by Crippen LogP contribution is -2.48. The molecule has 0 fully saturated rings. The number of benzene rings is 3. The lowest BCUT2D eigenvalue weighted by Gasteiger charge is -2.36. The third-order valence-electron chi connectivity index (χ3n) is 5.15. The highest BCUT2D eigenvalue weighted by Crippen LogP contribution is 2.41. The molecule has 0 aromatic heterocycles. The highest BCUT2D eigenvalue weighted by atomic mass is 79.9. The first kappa shape index (κ1) is 15.5. The number of hydrogen-bond acceptors (Lipinski definition) is 2. The van der Waals surface area contributed by atoms with E-state index in [2.05, 4.69) is 99.5 Å². The van der Waals surface area contributed by atoms with Crippen molar-refractivity contribution in [1.29, 1.82) is 0 Å². The van der Waals surface area contributed by atoms with Crippen LogP contribution < -0.4 is 10.7 Å². The molecule has 1 heterocycles. The van der Waals surface area contributed by atoms with Crippen molar-refractivity contribution >= 4 is 53.4 Å². The van der Waals surface area contributed by atoms with Crippen LogP contribution in [0, 0.1) is 0 Å². The number of rotatable bonds is 0. The molecule has 122 valence electrons. The lowest BCUT2D eigenvalue weighted by molar-refractivity contribution is 0.477. The van der Waals surface area contributed by atoms with Gasteiger partial charge in [-0.25, -0.2) is 0 Å². The maximum Gasteiger partial charge on any atom is 0.117 e. The van der Waals surface area contributed by atoms with Crippen LogP contribution in [0.5, 0.6) is 0 Å². The molecular formula is C21H14Br2N2. The van der Waals surface area contributed by atoms with Crippen LogP contribution in [0.15, 0.2) is 79.6 Å². The SMILES string of the molecule is CC12N=c3c(c4ccccc4c4ccccc34)=NC1C(Br)=CC=C2Br. The van der Waals surface area contributed by atoms with Gasteiger partial charge >= 0.3 is 0 Å². The van der Waals surface area contributed by atoms with Gasteiger partial charge in [-0.2, -0.15) is 0 Å². The van der Waals surface area contributed by atoms with Gasteiger partial charge in [-0.15, -0.1) is 0 Å². The summed E-state index contributed by atoms with van der Waals surface area (Å²) in [4.78, 5) is 10.4. The van der Waals surface area contributed by atoms with Gasteiger partial charge in [-0.05, 0) is 29.8 Å². The summed E-state index contributed by atoms with van der Waals surface area (Å²) in [5.41, 5.74) is -0.425. The minimum absolute atomic E-state index is 0.0519. The molecule has 25 heavy (non-hydrogen) atoms. The summed E-state index contributed by atoms with van der Waals surface area (Å²) in [5.74, 6) is 0. The van der Waals surface area contributed by atoms with Crippen LogP contribution in [-0.4, -0.2) is 11.6 Å². The van der Waals surface area contributed by atoms with Crippen LogP contribution in [0.4, 0.5) is 0 Å². The Hall–Kier alpha value is -1.78. The number of fused-ring (bicyclic) bond motifs is 7. The van der Waals surface area contributed by atoms with Gasteiger partial charge in [0.05, 0.1) is 10.7 Å². The van der Waals surface area contributed by atoms with E-state index in [0.717, 1.165) is 30.5 Å². The number of hydrogen-bond donors (Lipinski definition) is 0. The highest BCUT2D eigenvalue weighted by Gasteiger charge is 2.42. The molecule has 3 aromatic carbocycles. The van der Waals surface area contributed by atoms with E-state index in [1.165, 1.54) is 10.8 Å². The summed E-state index contributed by atoms with van der Waals surface area (Å²) in [5, 5.41) is 6.75. The van der Waals surface area contributed by atoms with E-state index in [4.69, 9.17) is 9.98 Å². The smallest absolute Gasteiger partial charge is 0.117 e. The van der Waals surface area contributed by atoms with Crippen molar-refractivity contribution in [3.63, 3.8) is 0 Å². The number of nitrogens with zero attached hydrogens (tertiary/aromatic N) is 2. The third-order valence-corrected chi connectivity index (χ3v) is 6.91. The average Bonchev–Trinajstić information content (AvgIpc) is 2.64. The largest absolute Gasteiger partial charge is 0.271 e. The summed E-state index contributed by atoms with van der Waals surface area (Å²) in [6.45, 7) is 2.14. The molecular weight excluding hydrogens is 440 g/mol. The van der Waals surface area contributed by atoms with Crippen LogP contribution in [-0.2, 0) is 0 Å². The zero-order valence-electron chi connectivity index (χ0n) is 13.5. The quantitative estimate of drug-likeness (QED) is 0.430. The van der Waals surface area contributed by atoms with E-state index in [1.807, 2.05) is 0 Å². The Bertz CT molecular complexity index is 1240. The first-order valence-electron chi connectivity index (χ1n) is 8.20. The summed E-state index contributed by atoms with van der Waals surface area (Å²) in [6, 6.07) is 16.9. The van der Waals surface area contributed by atoms with Crippen molar-refractivity contribution in [2.75, 3.05) is 0 Å². The molecule has 0 amide bonds. The van der Waals surface area contributed by atoms with Crippen LogP contribution in [0.3, 0.4) is 0 Å². The molecule has 2 aliphatic rings. The van der Waals surface area contributed by atoms with E-state index in [1.54, 1.807) is 0 Å². The monoisotopic (exact) mass is 452 g/mol. The molecule has 2 atom stereocenters. The Kier molecular flexibility index (Phi) is 3.32. The summed E-state index contributed by atoms with van der Waals surface area (Å²) >= 11 is 7.42. The molecule has 3 aromatic rings. The summed E-state index contributed by atoms with van der Waals surface area (Å²) in [6.07, 6.45) is 4.12. The van der Waals surface area contributed by atoms with Crippen molar-refractivity contribution in [2.45, 2.75) is 18.5 Å². The standard InChI is InChI=1S/C21H14Br2N2/c1-21-17(23)11-10-16(22)20(21)24-18-14-8-4-2-6-12(14)13-7-3-5-9-15(13)19(18)25-21/h2-11,20H,1H3. The summed E-state index contributed by atoms with van der Waals surface area (Å²) in [7, 11) is 0. The second-order valence-electron chi connectivity index (χ2n) is 6.65. The van der Waals surface area contributed by atoms with Crippen molar-refractivity contribution < 1.29 is 0 Å². The molecule has 0 N–H and O–H groups in total. The zero-order chi connectivity index (χ0) is 17.2. The van der Waals surface area contributed by atoms with E-state index in [9.17, 15) is 0 Å². The van der Waals surface area contributed by atoms with Crippen LogP contribution in [0.2, 0.25) is 0 Å². The van der Waals surface area contributed by atoms with Gasteiger partial charge in [0.1, 0.15) is 11.6 Å². The van der Waals surface area contributed by atoms with Crippen molar-refractivity contribution in [3.8, 4) is 0 Å². The number of halogens is 2. The molecule has 0 spiro atoms. The molecule has 0 saturated heterocycles. The van der Waals surface area contributed by atoms with Gasteiger partial charge in [0.25, 0.3) is 0 Å². The molecule has 1 aliphatic carbocycles. The van der Waals surface area contributed by atoms with Crippen molar-refractivity contribution in [3.05, 3.63) is 80.4 Å². The highest BCUT2D eigenvalue weighted by molar-refractivity contribution is 9.12. The molecule has 5 rings (SSSR count). The average molecular weight is 454 g/mol. The Labute approximate surface area is 161 Å². The number of allylic oxidation sites excluding steroid dienone is 2. The minimum Gasteiger partial charge on any atom is -0.271 e. The Morgan fingerprint density at radius 2 is 1.36 bits per heavy atom. The molecule has 0 radical (unpaired) electrons. The maximum absolute atomic E-state index is 5.23. The fourth-order valence-electron chi connectivity index (χ4n) is 3.82. The normalized spacial score (nSPS) is 24.7. The molecule has 2 unspecified atom stereocenters. The Morgan fingerprint density at radius 1 is 0.800 bits per heavy atom. The Balaban J connectivity index is 2.06. The second-order valence-corrected chi connectivity index (χ2v) is 8.42. The first-order chi connectivity index (χ1) is 12.1. The fourth-order valence-corrected chi connectivity index (χ4v) is 4.94. The summed E-state index contributed by atoms with van der Waals surface area (Å²) < 4.78 is 2.12. The van der Waals surface area contributed by atoms with Gasteiger partial charge in [-0.3, -0.25) is 9.98 Å². The predicted molar refractivity (Wildman–Crippen MR) is 110 cm³/mol. The molecule has 0 bridgehead atoms. The Morgan fingerprint density at radius 3 is 2.00 bits per heavy atom. The van der Waals surface area contributed by atoms with Gasteiger partial charge in [0, 0.05) is 19.7 Å². The topological polar surface area (TPSA) is 24.7 Å². The first-order valence-corrected chi connectivity index (χ1v) is 9.79. The van der Waals surface area contributed by atoms with E-state index >= 15 is 0 Å². The molecule has 2 nitrogen and oxygen atoms in total. The third kappa shape index (κ3) is 2.07. The predicted octanol–water partition coefficient (Wildman–Crippen LogP) is 4.94. The van der Waals surface area contributed by atoms with E-state index in [0.29, 0.717) is 0 Å². The lowest BCUT2D eigenvalue weighted by atomic mass is 9.87. The van der Waals surface area contributed by atoms with E-state index < -0.39 is 5.54 Å². The zero-order valence-corrected chi connectivity index (χ0v) is 16.7. The van der Waals surface area contributed by atoms with Gasteiger partial charge < -0.3 is 0 Å². The minimum atomic E-state index is -0.425. The molecule has 4 heteroatoms. The van der Waals surface area contributed by atoms with Gasteiger partial charge in [0.15, 0.2) is 0 Å². The molecule has 0 saturated carbocycles. The van der Waals surface area contributed by atoms with E-state index in [-0.39, 0.29) is 6.04 Å². The van der Waals surface area contributed by atoms with Crippen molar-refractivity contribution in [2.24, 2.45) is 9.98 Å².